The third kappa shape index (κ3) is 2.16. The molecule has 3 atom stereocenters. The van der Waals surface area contributed by atoms with E-state index in [4.69, 9.17) is 4.74 Å². The Bertz CT molecular complexity index is 745. The molecule has 0 fully saturated rings. The third-order valence-electron chi connectivity index (χ3n) is 4.36. The van der Waals surface area contributed by atoms with Crippen LogP contribution in [0.1, 0.15) is 29.7 Å². The number of aromatic amines is 2. The highest BCUT2D eigenvalue weighted by Gasteiger charge is 2.50. The van der Waals surface area contributed by atoms with E-state index >= 15 is 0 Å². The predicted molar refractivity (Wildman–Crippen MR) is 79.5 cm³/mol. The van der Waals surface area contributed by atoms with Crippen molar-refractivity contribution in [3.8, 4) is 0 Å². The van der Waals surface area contributed by atoms with Gasteiger partial charge >= 0.3 is 5.97 Å². The molecule has 1 aromatic carbocycles. The minimum absolute atomic E-state index is 0.185. The first-order chi connectivity index (χ1) is 10.5. The summed E-state index contributed by atoms with van der Waals surface area (Å²) in [5, 5.41) is 16.1. The van der Waals surface area contributed by atoms with E-state index < -0.39 is 23.4 Å². The van der Waals surface area contributed by atoms with E-state index in [1.807, 2.05) is 30.3 Å². The molecule has 3 rings (SSSR count). The number of hydrogen-bond acceptors (Lipinski definition) is 4. The van der Waals surface area contributed by atoms with Gasteiger partial charge < -0.3 is 14.9 Å². The largest absolute Gasteiger partial charge is 0.469 e. The number of hydrogen-bond donors (Lipinski definition) is 3. The first kappa shape index (κ1) is 14.6. The number of aliphatic hydroxyl groups is 1. The SMILES string of the molecule is COC(=O)C1C(c2ccccc2)c2c([nH][nH]c2=O)CC1(C)O. The number of nitrogens with one attached hydrogen (secondary N) is 2. The molecule has 0 saturated carbocycles. The molecule has 1 aromatic heterocycles. The zero-order valence-corrected chi connectivity index (χ0v) is 12.4. The lowest BCUT2D eigenvalue weighted by atomic mass is 9.66. The van der Waals surface area contributed by atoms with Crippen LogP contribution >= 0.6 is 0 Å². The quantitative estimate of drug-likeness (QED) is 0.719. The second-order valence-corrected chi connectivity index (χ2v) is 5.89. The molecule has 0 bridgehead atoms. The van der Waals surface area contributed by atoms with Gasteiger partial charge in [-0.15, -0.1) is 0 Å². The zero-order valence-electron chi connectivity index (χ0n) is 12.4. The molecule has 1 aliphatic carbocycles. The Kier molecular flexibility index (Phi) is 3.41. The van der Waals surface area contributed by atoms with E-state index in [0.717, 1.165) is 5.56 Å². The number of rotatable bonds is 2. The summed E-state index contributed by atoms with van der Waals surface area (Å²) in [4.78, 5) is 24.5. The van der Waals surface area contributed by atoms with Gasteiger partial charge in [-0.05, 0) is 12.5 Å². The second-order valence-electron chi connectivity index (χ2n) is 5.89. The number of carbonyl (C=O) groups excluding carboxylic acids is 1. The van der Waals surface area contributed by atoms with Crippen LogP contribution in [-0.2, 0) is 16.0 Å². The molecule has 0 spiro atoms. The van der Waals surface area contributed by atoms with E-state index in [1.165, 1.54) is 7.11 Å². The number of benzene rings is 1. The molecule has 3 unspecified atom stereocenters. The van der Waals surface area contributed by atoms with Gasteiger partial charge in [0, 0.05) is 23.6 Å². The molecule has 2 aromatic rings. The number of carbonyl (C=O) groups is 1. The van der Waals surface area contributed by atoms with Crippen LogP contribution in [-0.4, -0.2) is 34.0 Å². The average Bonchev–Trinajstić information content (AvgIpc) is 2.85. The van der Waals surface area contributed by atoms with Gasteiger partial charge in [0.1, 0.15) is 0 Å². The molecule has 116 valence electrons. The predicted octanol–water partition coefficient (Wildman–Crippen LogP) is 0.931. The summed E-state index contributed by atoms with van der Waals surface area (Å²) in [6.07, 6.45) is 0.185. The molecule has 0 radical (unpaired) electrons. The summed E-state index contributed by atoms with van der Waals surface area (Å²) in [7, 11) is 1.29. The summed E-state index contributed by atoms with van der Waals surface area (Å²) >= 11 is 0. The number of aromatic nitrogens is 2. The molecule has 6 heteroatoms. The topological polar surface area (TPSA) is 95.2 Å². The fraction of sp³-hybridized carbons (Fsp3) is 0.375. The molecule has 22 heavy (non-hydrogen) atoms. The Labute approximate surface area is 127 Å². The van der Waals surface area contributed by atoms with Crippen molar-refractivity contribution in [3.05, 3.63) is 57.5 Å². The number of esters is 1. The van der Waals surface area contributed by atoms with Crippen LogP contribution in [0.4, 0.5) is 0 Å². The molecule has 6 nitrogen and oxygen atoms in total. The highest BCUT2D eigenvalue weighted by Crippen LogP contribution is 2.44. The minimum atomic E-state index is -1.31. The lowest BCUT2D eigenvalue weighted by Gasteiger charge is -2.40. The smallest absolute Gasteiger partial charge is 0.312 e. The monoisotopic (exact) mass is 302 g/mol. The average molecular weight is 302 g/mol. The summed E-state index contributed by atoms with van der Waals surface area (Å²) in [6, 6.07) is 9.23. The highest BCUT2D eigenvalue weighted by molar-refractivity contribution is 5.77. The molecule has 0 amide bonds. The molecule has 0 aliphatic heterocycles. The number of H-pyrrole nitrogens is 2. The van der Waals surface area contributed by atoms with Gasteiger partial charge in [-0.2, -0.15) is 0 Å². The van der Waals surface area contributed by atoms with Crippen molar-refractivity contribution in [2.45, 2.75) is 24.9 Å². The maximum Gasteiger partial charge on any atom is 0.312 e. The minimum Gasteiger partial charge on any atom is -0.469 e. The Hall–Kier alpha value is -2.34. The standard InChI is InChI=1S/C16H18N2O4/c1-16(21)8-10-12(14(19)18-17-10)11(13(16)15(20)22-2)9-6-4-3-5-7-9/h3-7,11,13,21H,8H2,1-2H3,(H2,17,18,19). The fourth-order valence-corrected chi connectivity index (χ4v) is 3.40. The molecule has 1 aliphatic rings. The van der Waals surface area contributed by atoms with E-state index in [0.29, 0.717) is 11.3 Å². The Morgan fingerprint density at radius 2 is 2.00 bits per heavy atom. The summed E-state index contributed by atoms with van der Waals surface area (Å²) in [5.74, 6) is -1.92. The van der Waals surface area contributed by atoms with Crippen LogP contribution in [0, 0.1) is 5.92 Å². The third-order valence-corrected chi connectivity index (χ3v) is 4.36. The van der Waals surface area contributed by atoms with Crippen LogP contribution in [0.5, 0.6) is 0 Å². The van der Waals surface area contributed by atoms with E-state index in [-0.39, 0.29) is 12.0 Å². The van der Waals surface area contributed by atoms with Crippen LogP contribution in [0.3, 0.4) is 0 Å². The first-order valence-corrected chi connectivity index (χ1v) is 7.10. The lowest BCUT2D eigenvalue weighted by molar-refractivity contribution is -0.156. The van der Waals surface area contributed by atoms with Crippen molar-refractivity contribution in [2.24, 2.45) is 5.92 Å². The Morgan fingerprint density at radius 3 is 2.64 bits per heavy atom. The highest BCUT2D eigenvalue weighted by atomic mass is 16.5. The van der Waals surface area contributed by atoms with Gasteiger partial charge in [0.15, 0.2) is 0 Å². The van der Waals surface area contributed by atoms with Crippen LogP contribution in [0.15, 0.2) is 35.1 Å². The summed E-state index contributed by atoms with van der Waals surface area (Å²) in [6.45, 7) is 1.60. The van der Waals surface area contributed by atoms with Crippen molar-refractivity contribution in [1.82, 2.24) is 10.2 Å². The summed E-state index contributed by atoms with van der Waals surface area (Å²) in [5.41, 5.74) is 0.334. The van der Waals surface area contributed by atoms with Crippen LogP contribution in [0.25, 0.3) is 0 Å². The van der Waals surface area contributed by atoms with Crippen molar-refractivity contribution in [1.29, 1.82) is 0 Å². The first-order valence-electron chi connectivity index (χ1n) is 7.10. The van der Waals surface area contributed by atoms with Gasteiger partial charge in [0.2, 0.25) is 0 Å². The number of methoxy groups -OCH3 is 1. The van der Waals surface area contributed by atoms with Crippen LogP contribution < -0.4 is 5.56 Å². The summed E-state index contributed by atoms with van der Waals surface area (Å²) < 4.78 is 4.89. The van der Waals surface area contributed by atoms with Crippen LogP contribution in [0.2, 0.25) is 0 Å². The molecular weight excluding hydrogens is 284 g/mol. The number of fused-ring (bicyclic) bond motifs is 1. The lowest BCUT2D eigenvalue weighted by Crippen LogP contribution is -2.49. The van der Waals surface area contributed by atoms with Crippen molar-refractivity contribution >= 4 is 5.97 Å². The fourth-order valence-electron chi connectivity index (χ4n) is 3.40. The number of ether oxygens (including phenoxy) is 1. The van der Waals surface area contributed by atoms with Gasteiger partial charge in [-0.1, -0.05) is 30.3 Å². The van der Waals surface area contributed by atoms with Gasteiger partial charge in [-0.25, -0.2) is 0 Å². The van der Waals surface area contributed by atoms with E-state index in [1.54, 1.807) is 6.92 Å². The zero-order chi connectivity index (χ0) is 15.9. The Balaban J connectivity index is 2.25. The second kappa shape index (κ2) is 5.14. The van der Waals surface area contributed by atoms with Crippen molar-refractivity contribution in [3.63, 3.8) is 0 Å². The van der Waals surface area contributed by atoms with Gasteiger partial charge in [0.05, 0.1) is 18.6 Å². The maximum absolute atomic E-state index is 12.3. The molecular formula is C16H18N2O4. The molecule has 3 N–H and O–H groups in total. The van der Waals surface area contributed by atoms with Crippen molar-refractivity contribution in [2.75, 3.05) is 7.11 Å². The maximum atomic E-state index is 12.3. The molecule has 1 heterocycles. The van der Waals surface area contributed by atoms with Crippen molar-refractivity contribution < 1.29 is 14.6 Å². The van der Waals surface area contributed by atoms with Gasteiger partial charge in [-0.3, -0.25) is 14.7 Å². The van der Waals surface area contributed by atoms with E-state index in [9.17, 15) is 14.7 Å². The van der Waals surface area contributed by atoms with Gasteiger partial charge in [0.25, 0.3) is 5.56 Å². The van der Waals surface area contributed by atoms with E-state index in [2.05, 4.69) is 10.2 Å². The Morgan fingerprint density at radius 1 is 1.32 bits per heavy atom. The normalized spacial score (nSPS) is 27.2. The molecule has 0 saturated heterocycles.